The van der Waals surface area contributed by atoms with Crippen molar-refractivity contribution in [3.8, 4) is 11.5 Å². The van der Waals surface area contributed by atoms with Crippen LogP contribution in [-0.2, 0) is 26.3 Å². The summed E-state index contributed by atoms with van der Waals surface area (Å²) in [7, 11) is 0. The number of benzene rings is 3. The number of aromatic amines is 1. The van der Waals surface area contributed by atoms with Gasteiger partial charge in [0, 0.05) is 11.9 Å². The first-order valence-electron chi connectivity index (χ1n) is 12.1. The number of anilines is 1. The summed E-state index contributed by atoms with van der Waals surface area (Å²) in [6.45, 7) is 3.73. The lowest BCUT2D eigenvalue weighted by Gasteiger charge is -2.26. The fourth-order valence-electron chi connectivity index (χ4n) is 3.58. The van der Waals surface area contributed by atoms with Gasteiger partial charge < -0.3 is 25.1 Å². The Labute approximate surface area is 220 Å². The molecule has 0 aliphatic heterocycles. The van der Waals surface area contributed by atoms with Crippen LogP contribution in [0.4, 0.5) is 10.1 Å². The van der Waals surface area contributed by atoms with Crippen LogP contribution in [0.2, 0.25) is 0 Å². The highest BCUT2D eigenvalue weighted by Crippen LogP contribution is 2.24. The Morgan fingerprint density at radius 3 is 2.26 bits per heavy atom. The van der Waals surface area contributed by atoms with Crippen molar-refractivity contribution in [3.05, 3.63) is 108 Å². The van der Waals surface area contributed by atoms with E-state index in [-0.39, 0.29) is 18.3 Å². The van der Waals surface area contributed by atoms with Crippen molar-refractivity contribution in [3.63, 3.8) is 0 Å². The van der Waals surface area contributed by atoms with Crippen LogP contribution in [0.25, 0.3) is 0 Å². The smallest absolute Gasteiger partial charge is 0.249 e. The molecule has 196 valence electrons. The number of rotatable bonds is 11. The van der Waals surface area contributed by atoms with Crippen molar-refractivity contribution in [1.82, 2.24) is 15.3 Å². The minimum atomic E-state index is -0.975. The normalized spacial score (nSPS) is 12.0. The topological polar surface area (TPSA) is 105 Å². The van der Waals surface area contributed by atoms with E-state index in [2.05, 4.69) is 20.6 Å². The van der Waals surface area contributed by atoms with E-state index in [4.69, 9.17) is 9.47 Å². The molecule has 0 saturated heterocycles. The number of H-pyrrole nitrogens is 1. The van der Waals surface area contributed by atoms with Gasteiger partial charge in [0.25, 0.3) is 0 Å². The maximum Gasteiger partial charge on any atom is 0.249 e. The lowest BCUT2D eigenvalue weighted by molar-refractivity contribution is -0.131. The molecule has 0 aliphatic rings. The molecule has 3 aromatic carbocycles. The molecule has 1 heterocycles. The second kappa shape index (κ2) is 12.2. The standard InChI is InChI=1S/C29H29FN4O4/c1-29(2,26-16-31-19-32-26)28(36)34-25(18-37-17-20-6-4-3-5-7-20)27(35)33-22-10-14-24(15-11-22)38-23-12-8-21(30)9-13-23/h3-16,19,25H,17-18H2,1-2H3,(H,31,32)(H,33,35)(H,34,36)/t25-/m0/s1. The minimum absolute atomic E-state index is 0.0329. The number of ether oxygens (including phenoxy) is 2. The largest absolute Gasteiger partial charge is 0.457 e. The predicted molar refractivity (Wildman–Crippen MR) is 141 cm³/mol. The summed E-state index contributed by atoms with van der Waals surface area (Å²) in [6.07, 6.45) is 3.15. The number of nitrogens with zero attached hydrogens (tertiary/aromatic N) is 1. The Morgan fingerprint density at radius 1 is 0.974 bits per heavy atom. The molecule has 9 heteroatoms. The van der Waals surface area contributed by atoms with Gasteiger partial charge in [-0.05, 0) is 67.9 Å². The summed E-state index contributed by atoms with van der Waals surface area (Å²) in [5.41, 5.74) is 1.04. The quantitative estimate of drug-likeness (QED) is 0.261. The zero-order valence-electron chi connectivity index (χ0n) is 21.1. The maximum atomic E-state index is 13.2. The third-order valence-electron chi connectivity index (χ3n) is 5.90. The maximum absolute atomic E-state index is 13.2. The summed E-state index contributed by atoms with van der Waals surface area (Å²) >= 11 is 0. The first kappa shape index (κ1) is 26.6. The molecule has 0 bridgehead atoms. The number of aromatic nitrogens is 2. The van der Waals surface area contributed by atoms with Gasteiger partial charge in [-0.2, -0.15) is 0 Å². The van der Waals surface area contributed by atoms with Crippen molar-refractivity contribution < 1.29 is 23.5 Å². The number of imidazole rings is 1. The van der Waals surface area contributed by atoms with Gasteiger partial charge in [-0.3, -0.25) is 9.59 Å². The van der Waals surface area contributed by atoms with Gasteiger partial charge in [-0.25, -0.2) is 9.37 Å². The van der Waals surface area contributed by atoms with Gasteiger partial charge in [0.15, 0.2) is 0 Å². The first-order valence-corrected chi connectivity index (χ1v) is 12.1. The van der Waals surface area contributed by atoms with Crippen LogP contribution in [-0.4, -0.2) is 34.4 Å². The van der Waals surface area contributed by atoms with E-state index < -0.39 is 17.4 Å². The van der Waals surface area contributed by atoms with Gasteiger partial charge in [0.1, 0.15) is 23.4 Å². The molecule has 38 heavy (non-hydrogen) atoms. The number of nitrogens with one attached hydrogen (secondary N) is 3. The van der Waals surface area contributed by atoms with E-state index in [1.54, 1.807) is 44.3 Å². The molecule has 0 saturated carbocycles. The summed E-state index contributed by atoms with van der Waals surface area (Å²) in [5, 5.41) is 5.64. The van der Waals surface area contributed by atoms with E-state index in [9.17, 15) is 14.0 Å². The molecule has 0 aliphatic carbocycles. The van der Waals surface area contributed by atoms with Gasteiger partial charge in [0.2, 0.25) is 11.8 Å². The van der Waals surface area contributed by atoms with Gasteiger partial charge in [0.05, 0.1) is 30.7 Å². The Morgan fingerprint density at radius 2 is 1.63 bits per heavy atom. The molecule has 1 aromatic heterocycles. The van der Waals surface area contributed by atoms with Crippen molar-refractivity contribution in [2.75, 3.05) is 11.9 Å². The highest BCUT2D eigenvalue weighted by atomic mass is 19.1. The number of hydrogen-bond acceptors (Lipinski definition) is 5. The second-order valence-corrected chi connectivity index (χ2v) is 9.18. The van der Waals surface area contributed by atoms with Crippen LogP contribution in [0.5, 0.6) is 11.5 Å². The molecule has 8 nitrogen and oxygen atoms in total. The van der Waals surface area contributed by atoms with Crippen LogP contribution >= 0.6 is 0 Å². The lowest BCUT2D eigenvalue weighted by atomic mass is 9.88. The number of carbonyl (C=O) groups excluding carboxylic acids is 2. The molecule has 0 unspecified atom stereocenters. The molecule has 4 rings (SSSR count). The molecular formula is C29H29FN4O4. The molecular weight excluding hydrogens is 487 g/mol. The zero-order valence-corrected chi connectivity index (χ0v) is 21.1. The second-order valence-electron chi connectivity index (χ2n) is 9.18. The molecule has 1 atom stereocenters. The summed E-state index contributed by atoms with van der Waals surface area (Å²) in [4.78, 5) is 33.4. The fraction of sp³-hybridized carbons (Fsp3) is 0.207. The van der Waals surface area contributed by atoms with Crippen molar-refractivity contribution in [2.24, 2.45) is 0 Å². The average Bonchev–Trinajstić information content (AvgIpc) is 3.47. The summed E-state index contributed by atoms with van der Waals surface area (Å²) in [5.74, 6) is -0.141. The van der Waals surface area contributed by atoms with Gasteiger partial charge in [-0.15, -0.1) is 0 Å². The monoisotopic (exact) mass is 516 g/mol. The number of carbonyl (C=O) groups is 2. The Bertz CT molecular complexity index is 1330. The molecule has 4 aromatic rings. The van der Waals surface area contributed by atoms with Crippen molar-refractivity contribution >= 4 is 17.5 Å². The summed E-state index contributed by atoms with van der Waals surface area (Å²) in [6, 6.07) is 21.0. The number of hydrogen-bond donors (Lipinski definition) is 3. The van der Waals surface area contributed by atoms with Crippen LogP contribution in [0.1, 0.15) is 25.1 Å². The Balaban J connectivity index is 1.42. The van der Waals surface area contributed by atoms with E-state index in [1.165, 1.54) is 30.6 Å². The number of amides is 2. The lowest BCUT2D eigenvalue weighted by Crippen LogP contribution is -2.52. The minimum Gasteiger partial charge on any atom is -0.457 e. The Kier molecular flexibility index (Phi) is 8.50. The molecule has 3 N–H and O–H groups in total. The highest BCUT2D eigenvalue weighted by molar-refractivity contribution is 5.98. The number of halogens is 1. The SMILES string of the molecule is CC(C)(C(=O)N[C@@H](COCc1ccccc1)C(=O)Nc1ccc(Oc2ccc(F)cc2)cc1)c1c[nH]cn1. The molecule has 0 spiro atoms. The molecule has 0 fully saturated rings. The fourth-order valence-corrected chi connectivity index (χ4v) is 3.58. The van der Waals surface area contributed by atoms with E-state index >= 15 is 0 Å². The van der Waals surface area contributed by atoms with E-state index in [0.717, 1.165) is 5.56 Å². The third-order valence-corrected chi connectivity index (χ3v) is 5.90. The summed E-state index contributed by atoms with van der Waals surface area (Å²) < 4.78 is 24.6. The zero-order chi connectivity index (χ0) is 27.0. The predicted octanol–water partition coefficient (Wildman–Crippen LogP) is 4.96. The Hall–Kier alpha value is -4.50. The average molecular weight is 517 g/mol. The van der Waals surface area contributed by atoms with Gasteiger partial charge in [-0.1, -0.05) is 30.3 Å². The molecule has 0 radical (unpaired) electrons. The van der Waals surface area contributed by atoms with E-state index in [1.807, 2.05) is 30.3 Å². The highest BCUT2D eigenvalue weighted by Gasteiger charge is 2.34. The first-order chi connectivity index (χ1) is 18.3. The molecule has 2 amide bonds. The van der Waals surface area contributed by atoms with Crippen molar-refractivity contribution in [1.29, 1.82) is 0 Å². The van der Waals surface area contributed by atoms with Crippen LogP contribution < -0.4 is 15.4 Å². The van der Waals surface area contributed by atoms with E-state index in [0.29, 0.717) is 29.5 Å². The van der Waals surface area contributed by atoms with Crippen LogP contribution in [0.3, 0.4) is 0 Å². The van der Waals surface area contributed by atoms with Crippen molar-refractivity contribution in [2.45, 2.75) is 31.9 Å². The van der Waals surface area contributed by atoms with Crippen LogP contribution in [0, 0.1) is 5.82 Å². The third kappa shape index (κ3) is 7.04. The van der Waals surface area contributed by atoms with Gasteiger partial charge >= 0.3 is 0 Å². The van der Waals surface area contributed by atoms with Crippen LogP contribution in [0.15, 0.2) is 91.4 Å².